The van der Waals surface area contributed by atoms with Gasteiger partial charge in [0.1, 0.15) is 0 Å². The Morgan fingerprint density at radius 2 is 2.53 bits per heavy atom. The fourth-order valence-corrected chi connectivity index (χ4v) is 3.13. The Balaban J connectivity index is 1.94. The van der Waals surface area contributed by atoms with Crippen molar-refractivity contribution < 1.29 is 9.90 Å². The largest absolute Gasteiger partial charge is 0.478 e. The summed E-state index contributed by atoms with van der Waals surface area (Å²) in [4.78, 5) is 12.1. The lowest BCUT2D eigenvalue weighted by atomic mass is 9.94. The standard InChI is InChI=1S/C13H17NO2S/c1-9(13(15)16)5-7-14-11-3-2-4-12-10(11)6-8-17-12/h5-6,8,11,14H,2-4,7H2,1H3,(H,15,16)/b9-5-. The maximum atomic E-state index is 10.6. The highest BCUT2D eigenvalue weighted by Gasteiger charge is 2.19. The van der Waals surface area contributed by atoms with Crippen LogP contribution in [0, 0.1) is 0 Å². The second kappa shape index (κ2) is 5.47. The highest BCUT2D eigenvalue weighted by Crippen LogP contribution is 2.32. The number of hydrogen-bond acceptors (Lipinski definition) is 3. The van der Waals surface area contributed by atoms with Crippen LogP contribution in [0.25, 0.3) is 0 Å². The quantitative estimate of drug-likeness (QED) is 0.809. The number of nitrogens with one attached hydrogen (secondary N) is 1. The third-order valence-corrected chi connectivity index (χ3v) is 4.16. The highest BCUT2D eigenvalue weighted by molar-refractivity contribution is 7.10. The van der Waals surface area contributed by atoms with Crippen molar-refractivity contribution in [2.75, 3.05) is 6.54 Å². The summed E-state index contributed by atoms with van der Waals surface area (Å²) in [5.41, 5.74) is 1.81. The molecule has 0 bridgehead atoms. The van der Waals surface area contributed by atoms with E-state index in [4.69, 9.17) is 5.11 Å². The van der Waals surface area contributed by atoms with Crippen molar-refractivity contribution in [2.24, 2.45) is 0 Å². The molecule has 4 heteroatoms. The van der Waals surface area contributed by atoms with E-state index in [0.717, 1.165) is 6.42 Å². The maximum absolute atomic E-state index is 10.6. The van der Waals surface area contributed by atoms with Crippen molar-refractivity contribution >= 4 is 17.3 Å². The molecule has 0 aliphatic heterocycles. The zero-order chi connectivity index (χ0) is 12.3. The summed E-state index contributed by atoms with van der Waals surface area (Å²) in [7, 11) is 0. The van der Waals surface area contributed by atoms with Gasteiger partial charge in [0.05, 0.1) is 0 Å². The van der Waals surface area contributed by atoms with Gasteiger partial charge in [-0.3, -0.25) is 0 Å². The summed E-state index contributed by atoms with van der Waals surface area (Å²) < 4.78 is 0. The summed E-state index contributed by atoms with van der Waals surface area (Å²) in [6.45, 7) is 2.25. The van der Waals surface area contributed by atoms with E-state index in [9.17, 15) is 4.79 Å². The Kier molecular flexibility index (Phi) is 3.97. The minimum atomic E-state index is -0.841. The first-order chi connectivity index (χ1) is 8.18. The van der Waals surface area contributed by atoms with Gasteiger partial charge in [-0.1, -0.05) is 6.08 Å². The minimum Gasteiger partial charge on any atom is -0.478 e. The molecule has 0 saturated heterocycles. The highest BCUT2D eigenvalue weighted by atomic mass is 32.1. The Bertz CT molecular complexity index is 436. The molecule has 1 aromatic rings. The number of carboxylic acids is 1. The van der Waals surface area contributed by atoms with Gasteiger partial charge in [-0.15, -0.1) is 11.3 Å². The molecule has 0 amide bonds. The van der Waals surface area contributed by atoms with Gasteiger partial charge >= 0.3 is 5.97 Å². The predicted octanol–water partition coefficient (Wildman–Crippen LogP) is 2.75. The summed E-state index contributed by atoms with van der Waals surface area (Å²) >= 11 is 1.82. The van der Waals surface area contributed by atoms with E-state index < -0.39 is 5.97 Å². The molecule has 1 heterocycles. The predicted molar refractivity (Wildman–Crippen MR) is 69.4 cm³/mol. The van der Waals surface area contributed by atoms with E-state index in [1.54, 1.807) is 13.0 Å². The van der Waals surface area contributed by atoms with Crippen LogP contribution in [-0.2, 0) is 11.2 Å². The van der Waals surface area contributed by atoms with Crippen molar-refractivity contribution in [3.63, 3.8) is 0 Å². The number of thiophene rings is 1. The molecule has 1 aromatic heterocycles. The van der Waals surface area contributed by atoms with E-state index in [1.807, 2.05) is 11.3 Å². The van der Waals surface area contributed by atoms with Gasteiger partial charge in [0, 0.05) is 23.0 Å². The van der Waals surface area contributed by atoms with Gasteiger partial charge < -0.3 is 10.4 Å². The average Bonchev–Trinajstić information content (AvgIpc) is 2.77. The molecule has 0 radical (unpaired) electrons. The van der Waals surface area contributed by atoms with Crippen LogP contribution >= 0.6 is 11.3 Å². The Morgan fingerprint density at radius 3 is 3.29 bits per heavy atom. The molecule has 1 unspecified atom stereocenters. The van der Waals surface area contributed by atoms with E-state index >= 15 is 0 Å². The Hall–Kier alpha value is -1.13. The smallest absolute Gasteiger partial charge is 0.330 e. The van der Waals surface area contributed by atoms with Crippen molar-refractivity contribution in [3.05, 3.63) is 33.5 Å². The van der Waals surface area contributed by atoms with Gasteiger partial charge in [-0.25, -0.2) is 4.79 Å². The Morgan fingerprint density at radius 1 is 1.71 bits per heavy atom. The second-order valence-corrected chi connectivity index (χ2v) is 5.35. The molecule has 0 saturated carbocycles. The molecule has 1 aliphatic carbocycles. The fraction of sp³-hybridized carbons (Fsp3) is 0.462. The first-order valence-electron chi connectivity index (χ1n) is 5.88. The number of rotatable bonds is 4. The molecule has 17 heavy (non-hydrogen) atoms. The van der Waals surface area contributed by atoms with Crippen molar-refractivity contribution in [1.82, 2.24) is 5.32 Å². The molecule has 0 fully saturated rings. The number of fused-ring (bicyclic) bond motifs is 1. The van der Waals surface area contributed by atoms with Crippen LogP contribution in [0.2, 0.25) is 0 Å². The summed E-state index contributed by atoms with van der Waals surface area (Å²) in [5, 5.41) is 14.3. The molecule has 1 aliphatic rings. The third-order valence-electron chi connectivity index (χ3n) is 3.16. The van der Waals surface area contributed by atoms with Crippen molar-refractivity contribution in [2.45, 2.75) is 32.2 Å². The SMILES string of the molecule is C/C(=C/CNC1CCCc2sccc21)C(=O)O. The fourth-order valence-electron chi connectivity index (χ4n) is 2.14. The molecule has 3 nitrogen and oxygen atoms in total. The van der Waals surface area contributed by atoms with Crippen molar-refractivity contribution in [1.29, 1.82) is 0 Å². The first kappa shape index (κ1) is 12.3. The lowest BCUT2D eigenvalue weighted by Gasteiger charge is -2.23. The monoisotopic (exact) mass is 251 g/mol. The molecular formula is C13H17NO2S. The van der Waals surface area contributed by atoms with Gasteiger partial charge in [-0.05, 0) is 43.2 Å². The zero-order valence-electron chi connectivity index (χ0n) is 9.90. The van der Waals surface area contributed by atoms with E-state index in [2.05, 4.69) is 16.8 Å². The molecule has 0 spiro atoms. The molecule has 1 atom stereocenters. The van der Waals surface area contributed by atoms with E-state index in [0.29, 0.717) is 18.2 Å². The third kappa shape index (κ3) is 2.96. The summed E-state index contributed by atoms with van der Waals surface area (Å²) in [5.74, 6) is -0.841. The number of carbonyl (C=O) groups is 1. The average molecular weight is 251 g/mol. The second-order valence-electron chi connectivity index (χ2n) is 4.34. The van der Waals surface area contributed by atoms with Crippen LogP contribution in [0.5, 0.6) is 0 Å². The minimum absolute atomic E-state index is 0.392. The lowest BCUT2D eigenvalue weighted by molar-refractivity contribution is -0.132. The van der Waals surface area contributed by atoms with Crippen LogP contribution in [-0.4, -0.2) is 17.6 Å². The number of aliphatic carboxylic acids is 1. The van der Waals surface area contributed by atoms with Gasteiger partial charge in [0.25, 0.3) is 0 Å². The van der Waals surface area contributed by atoms with Crippen LogP contribution in [0.15, 0.2) is 23.1 Å². The molecule has 2 N–H and O–H groups in total. The maximum Gasteiger partial charge on any atom is 0.330 e. The van der Waals surface area contributed by atoms with E-state index in [-0.39, 0.29) is 0 Å². The van der Waals surface area contributed by atoms with Crippen LogP contribution in [0.3, 0.4) is 0 Å². The summed E-state index contributed by atoms with van der Waals surface area (Å²) in [6.07, 6.45) is 5.29. The Labute approximate surface area is 105 Å². The number of carboxylic acid groups (broad SMARTS) is 1. The topological polar surface area (TPSA) is 49.3 Å². The van der Waals surface area contributed by atoms with Crippen molar-refractivity contribution in [3.8, 4) is 0 Å². The lowest BCUT2D eigenvalue weighted by Crippen LogP contribution is -2.24. The van der Waals surface area contributed by atoms with Crippen LogP contribution in [0.1, 0.15) is 36.2 Å². The van der Waals surface area contributed by atoms with Gasteiger partial charge in [0.2, 0.25) is 0 Å². The molecule has 92 valence electrons. The molecular weight excluding hydrogens is 234 g/mol. The van der Waals surface area contributed by atoms with Gasteiger partial charge in [0.15, 0.2) is 0 Å². The molecule has 0 aromatic carbocycles. The zero-order valence-corrected chi connectivity index (χ0v) is 10.7. The van der Waals surface area contributed by atoms with Gasteiger partial charge in [-0.2, -0.15) is 0 Å². The number of hydrogen-bond donors (Lipinski definition) is 2. The number of aryl methyl sites for hydroxylation is 1. The van der Waals surface area contributed by atoms with Crippen LogP contribution in [0.4, 0.5) is 0 Å². The van der Waals surface area contributed by atoms with E-state index in [1.165, 1.54) is 23.3 Å². The normalized spacial score (nSPS) is 20.1. The summed E-state index contributed by atoms with van der Waals surface area (Å²) in [6, 6.07) is 2.58. The molecule has 2 rings (SSSR count). The van der Waals surface area contributed by atoms with Crippen LogP contribution < -0.4 is 5.32 Å². The first-order valence-corrected chi connectivity index (χ1v) is 6.76.